The molecular weight excluding hydrogens is 457 g/mol. The molecule has 1 atom stereocenters. The fraction of sp³-hybridized carbons (Fsp3) is 0.318. The van der Waals surface area contributed by atoms with Crippen molar-refractivity contribution in [3.63, 3.8) is 0 Å². The molecule has 0 saturated heterocycles. The van der Waals surface area contributed by atoms with E-state index in [2.05, 4.69) is 9.97 Å². The number of sulfone groups is 1. The highest BCUT2D eigenvalue weighted by Gasteiger charge is 2.23. The van der Waals surface area contributed by atoms with Crippen LogP contribution in [0.4, 0.5) is 4.39 Å². The Hall–Kier alpha value is -2.78. The van der Waals surface area contributed by atoms with E-state index in [0.29, 0.717) is 17.7 Å². The Morgan fingerprint density at radius 1 is 1.22 bits per heavy atom. The van der Waals surface area contributed by atoms with Crippen LogP contribution in [-0.2, 0) is 22.6 Å². The van der Waals surface area contributed by atoms with Crippen LogP contribution >= 0.6 is 11.6 Å². The molecule has 0 aliphatic heterocycles. The van der Waals surface area contributed by atoms with Crippen LogP contribution in [0.5, 0.6) is 11.8 Å². The van der Waals surface area contributed by atoms with Gasteiger partial charge in [0.15, 0.2) is 21.4 Å². The number of aromatic nitrogens is 3. The second kappa shape index (κ2) is 9.79. The van der Waals surface area contributed by atoms with Gasteiger partial charge in [0.05, 0.1) is 27.4 Å². The van der Waals surface area contributed by atoms with E-state index in [1.165, 1.54) is 34.9 Å². The summed E-state index contributed by atoms with van der Waals surface area (Å²) in [6.45, 7) is 3.57. The van der Waals surface area contributed by atoms with Crippen molar-refractivity contribution in [1.29, 1.82) is 0 Å². The van der Waals surface area contributed by atoms with Crippen LogP contribution in [0.3, 0.4) is 0 Å². The molecule has 0 N–H and O–H groups in total. The van der Waals surface area contributed by atoms with Crippen molar-refractivity contribution in [3.05, 3.63) is 69.5 Å². The third-order valence-corrected chi connectivity index (χ3v) is 7.37. The first-order valence-corrected chi connectivity index (χ1v) is 12.1. The zero-order valence-electron chi connectivity index (χ0n) is 17.9. The van der Waals surface area contributed by atoms with Crippen molar-refractivity contribution in [2.24, 2.45) is 7.05 Å². The van der Waals surface area contributed by atoms with Gasteiger partial charge in [0.2, 0.25) is 5.56 Å². The molecule has 0 aliphatic rings. The molecular formula is C22H23ClFN3O4S. The molecule has 10 heteroatoms. The van der Waals surface area contributed by atoms with Crippen molar-refractivity contribution in [2.45, 2.75) is 37.7 Å². The first-order valence-electron chi connectivity index (χ1n) is 9.99. The summed E-state index contributed by atoms with van der Waals surface area (Å²) in [5.74, 6) is -1.31. The first-order chi connectivity index (χ1) is 15.1. The minimum atomic E-state index is -3.50. The van der Waals surface area contributed by atoms with Crippen LogP contribution in [0.15, 0.2) is 47.4 Å². The van der Waals surface area contributed by atoms with Crippen LogP contribution in [-0.4, -0.2) is 28.2 Å². The number of rotatable bonds is 8. The maximum atomic E-state index is 14.2. The van der Waals surface area contributed by atoms with Gasteiger partial charge in [0, 0.05) is 24.9 Å². The molecule has 2 heterocycles. The standard InChI is InChI=1S/C22H23ClFN3O4S/c1-4-6-14(2)32(29,30)13-16-11-19(15-9-10-20(28)27(3)12-15)26-22(25-16)31-21-17(23)7-5-8-18(21)24/h5,7-12,14H,4,6,13H2,1-3H3. The Kier molecular flexibility index (Phi) is 7.30. The van der Waals surface area contributed by atoms with Gasteiger partial charge in [-0.05, 0) is 37.6 Å². The normalized spacial score (nSPS) is 12.5. The summed E-state index contributed by atoms with van der Waals surface area (Å²) < 4.78 is 46.7. The SMILES string of the molecule is CCCC(C)S(=O)(=O)Cc1cc(-c2ccc(=O)n(C)c2)nc(Oc2c(F)cccc2Cl)n1. The lowest BCUT2D eigenvalue weighted by Crippen LogP contribution is -2.20. The molecule has 32 heavy (non-hydrogen) atoms. The molecule has 0 aliphatic carbocycles. The predicted octanol–water partition coefficient (Wildman–Crippen LogP) is 4.53. The minimum absolute atomic E-state index is 0.0202. The summed E-state index contributed by atoms with van der Waals surface area (Å²) in [7, 11) is -1.91. The van der Waals surface area contributed by atoms with Crippen molar-refractivity contribution in [3.8, 4) is 23.0 Å². The molecule has 0 spiro atoms. The molecule has 3 rings (SSSR count). The maximum Gasteiger partial charge on any atom is 0.322 e. The van der Waals surface area contributed by atoms with Crippen LogP contribution in [0.2, 0.25) is 5.02 Å². The van der Waals surface area contributed by atoms with E-state index < -0.39 is 20.9 Å². The van der Waals surface area contributed by atoms with E-state index in [9.17, 15) is 17.6 Å². The largest absolute Gasteiger partial charge is 0.420 e. The number of hydrogen-bond donors (Lipinski definition) is 0. The Balaban J connectivity index is 2.09. The number of benzene rings is 1. The van der Waals surface area contributed by atoms with Crippen LogP contribution < -0.4 is 10.3 Å². The third-order valence-electron chi connectivity index (χ3n) is 4.91. The molecule has 0 radical (unpaired) electrons. The van der Waals surface area contributed by atoms with E-state index in [1.807, 2.05) is 6.92 Å². The summed E-state index contributed by atoms with van der Waals surface area (Å²) in [5, 5.41) is -0.527. The van der Waals surface area contributed by atoms with Gasteiger partial charge in [-0.25, -0.2) is 12.8 Å². The smallest absolute Gasteiger partial charge is 0.322 e. The van der Waals surface area contributed by atoms with Gasteiger partial charge in [0.25, 0.3) is 0 Å². The quantitative estimate of drug-likeness (QED) is 0.471. The molecule has 1 unspecified atom stereocenters. The van der Waals surface area contributed by atoms with Crippen molar-refractivity contribution < 1.29 is 17.5 Å². The van der Waals surface area contributed by atoms with Crippen LogP contribution in [0, 0.1) is 5.82 Å². The van der Waals surface area contributed by atoms with Gasteiger partial charge in [-0.1, -0.05) is 31.0 Å². The van der Waals surface area contributed by atoms with Gasteiger partial charge in [-0.2, -0.15) is 9.97 Å². The molecule has 170 valence electrons. The van der Waals surface area contributed by atoms with Crippen molar-refractivity contribution >= 4 is 21.4 Å². The molecule has 0 bridgehead atoms. The molecule has 7 nitrogen and oxygen atoms in total. The average molecular weight is 480 g/mol. The molecule has 0 amide bonds. The predicted molar refractivity (Wildman–Crippen MR) is 121 cm³/mol. The Bertz CT molecular complexity index is 1270. The number of ether oxygens (including phenoxy) is 1. The van der Waals surface area contributed by atoms with E-state index in [1.54, 1.807) is 26.2 Å². The van der Waals surface area contributed by atoms with Gasteiger partial charge >= 0.3 is 6.01 Å². The number of aryl methyl sites for hydroxylation is 1. The second-order valence-electron chi connectivity index (χ2n) is 7.45. The van der Waals surface area contributed by atoms with Gasteiger partial charge in [-0.15, -0.1) is 0 Å². The summed E-state index contributed by atoms with van der Waals surface area (Å²) in [6.07, 6.45) is 2.81. The summed E-state index contributed by atoms with van der Waals surface area (Å²) in [5.41, 5.74) is 0.841. The topological polar surface area (TPSA) is 91.2 Å². The van der Waals surface area contributed by atoms with E-state index in [4.69, 9.17) is 16.3 Å². The number of pyridine rings is 1. The number of hydrogen-bond acceptors (Lipinski definition) is 6. The lowest BCUT2D eigenvalue weighted by atomic mass is 10.2. The van der Waals surface area contributed by atoms with Gasteiger partial charge < -0.3 is 9.30 Å². The zero-order chi connectivity index (χ0) is 23.5. The zero-order valence-corrected chi connectivity index (χ0v) is 19.5. The van der Waals surface area contributed by atoms with E-state index in [0.717, 1.165) is 6.42 Å². The average Bonchev–Trinajstić information content (AvgIpc) is 2.72. The first kappa shape index (κ1) is 23.9. The fourth-order valence-corrected chi connectivity index (χ4v) is 4.73. The maximum absolute atomic E-state index is 14.2. The molecule has 0 fully saturated rings. The summed E-state index contributed by atoms with van der Waals surface area (Å²) in [6, 6.07) is 8.25. The van der Waals surface area contributed by atoms with Crippen molar-refractivity contribution in [2.75, 3.05) is 0 Å². The lowest BCUT2D eigenvalue weighted by molar-refractivity contribution is 0.410. The Morgan fingerprint density at radius 2 is 1.97 bits per heavy atom. The highest BCUT2D eigenvalue weighted by molar-refractivity contribution is 7.91. The number of para-hydroxylation sites is 1. The Morgan fingerprint density at radius 3 is 2.62 bits per heavy atom. The molecule has 1 aromatic carbocycles. The third kappa shape index (κ3) is 5.52. The minimum Gasteiger partial charge on any atom is -0.420 e. The van der Waals surface area contributed by atoms with E-state index >= 15 is 0 Å². The molecule has 2 aromatic heterocycles. The number of nitrogens with zero attached hydrogens (tertiary/aromatic N) is 3. The van der Waals surface area contributed by atoms with Crippen LogP contribution in [0.1, 0.15) is 32.4 Å². The van der Waals surface area contributed by atoms with Crippen LogP contribution in [0.25, 0.3) is 11.3 Å². The van der Waals surface area contributed by atoms with Gasteiger partial charge in [-0.3, -0.25) is 4.79 Å². The summed E-state index contributed by atoms with van der Waals surface area (Å²) in [4.78, 5) is 20.2. The number of halogens is 2. The van der Waals surface area contributed by atoms with Crippen molar-refractivity contribution in [1.82, 2.24) is 14.5 Å². The highest BCUT2D eigenvalue weighted by atomic mass is 35.5. The van der Waals surface area contributed by atoms with Gasteiger partial charge in [0.1, 0.15) is 0 Å². The monoisotopic (exact) mass is 479 g/mol. The fourth-order valence-electron chi connectivity index (χ4n) is 3.09. The Labute approximate surface area is 190 Å². The molecule has 3 aromatic rings. The lowest BCUT2D eigenvalue weighted by Gasteiger charge is -2.14. The highest BCUT2D eigenvalue weighted by Crippen LogP contribution is 2.32. The summed E-state index contributed by atoms with van der Waals surface area (Å²) >= 11 is 6.04. The van der Waals surface area contributed by atoms with E-state index in [-0.39, 0.29) is 33.8 Å². The molecule has 0 saturated carbocycles. The second-order valence-corrected chi connectivity index (χ2v) is 10.3.